The van der Waals surface area contributed by atoms with Gasteiger partial charge in [-0.15, -0.1) is 0 Å². The summed E-state index contributed by atoms with van der Waals surface area (Å²) in [4.78, 5) is 8.50. The molecule has 0 aliphatic heterocycles. The summed E-state index contributed by atoms with van der Waals surface area (Å²) in [5.74, 6) is 0. The molecule has 0 spiro atoms. The fourth-order valence-corrected chi connectivity index (χ4v) is 6.08. The minimum absolute atomic E-state index is 1.12. The SMILES string of the molecule is C1=Cc2c(c3c(c4ccccc24)C=CC3)C1.C1=Cc2c(c3c(c4ccccc24)C=CC3)C1.CC.CC.CC.CC.CC.CC.CCN(C)C.CCN(C)C.CCN(C)C.CCN(C)C. The van der Waals surface area contributed by atoms with Crippen LogP contribution < -0.4 is 0 Å². The molecular weight excluding hydrogens is 777 g/mol. The van der Waals surface area contributed by atoms with Gasteiger partial charge >= 0.3 is 0 Å². The lowest BCUT2D eigenvalue weighted by molar-refractivity contribution is 0.434. The van der Waals surface area contributed by atoms with E-state index in [1.165, 1.54) is 43.8 Å². The van der Waals surface area contributed by atoms with Gasteiger partial charge in [0.05, 0.1) is 0 Å². The lowest BCUT2D eigenvalue weighted by Crippen LogP contribution is -2.08. The fraction of sp³-hybridized carbons (Fsp3) is 0.533. The Kier molecular flexibility index (Phi) is 45.0. The average molecular weight is 882 g/mol. The lowest BCUT2D eigenvalue weighted by atomic mass is 9.91. The Morgan fingerprint density at radius 1 is 0.297 bits per heavy atom. The molecule has 0 saturated heterocycles. The third kappa shape index (κ3) is 23.4. The van der Waals surface area contributed by atoms with Gasteiger partial charge in [-0.05, 0) is 174 Å². The number of rotatable bonds is 4. The largest absolute Gasteiger partial charge is 0.310 e. The molecule has 64 heavy (non-hydrogen) atoms. The van der Waals surface area contributed by atoms with Gasteiger partial charge in [-0.25, -0.2) is 0 Å². The number of hydrogen-bond acceptors (Lipinski definition) is 4. The summed E-state index contributed by atoms with van der Waals surface area (Å²) >= 11 is 0. The Bertz CT molecular complexity index is 1570. The predicted molar refractivity (Wildman–Crippen MR) is 304 cm³/mol. The molecule has 0 fully saturated rings. The maximum atomic E-state index is 2.29. The highest BCUT2D eigenvalue weighted by Crippen LogP contribution is 2.39. The maximum absolute atomic E-state index is 2.29. The Hall–Kier alpha value is -3.80. The second-order valence-electron chi connectivity index (χ2n) is 14.7. The van der Waals surface area contributed by atoms with Crippen molar-refractivity contribution in [2.24, 2.45) is 0 Å². The van der Waals surface area contributed by atoms with E-state index < -0.39 is 0 Å². The van der Waals surface area contributed by atoms with Crippen molar-refractivity contribution in [2.75, 3.05) is 82.6 Å². The van der Waals surface area contributed by atoms with Gasteiger partial charge in [0, 0.05) is 0 Å². The summed E-state index contributed by atoms with van der Waals surface area (Å²) in [6.45, 7) is 37.1. The van der Waals surface area contributed by atoms with Crippen LogP contribution >= 0.6 is 0 Å². The summed E-state index contributed by atoms with van der Waals surface area (Å²) in [6.07, 6.45) is 22.8. The summed E-state index contributed by atoms with van der Waals surface area (Å²) in [6, 6.07) is 17.5. The van der Waals surface area contributed by atoms with Crippen molar-refractivity contribution in [1.29, 1.82) is 0 Å². The Balaban J connectivity index is -0.000000348. The molecule has 8 rings (SSSR count). The third-order valence-corrected chi connectivity index (χ3v) is 10.00. The van der Waals surface area contributed by atoms with Crippen LogP contribution in [0.25, 0.3) is 45.8 Å². The second kappa shape index (κ2) is 43.1. The van der Waals surface area contributed by atoms with E-state index >= 15 is 0 Å². The van der Waals surface area contributed by atoms with Crippen LogP contribution in [0.2, 0.25) is 0 Å². The Morgan fingerprint density at radius 2 is 0.438 bits per heavy atom. The molecule has 0 bridgehead atoms. The zero-order valence-corrected chi connectivity index (χ0v) is 46.7. The van der Waals surface area contributed by atoms with Crippen molar-refractivity contribution >= 4 is 45.8 Å². The van der Waals surface area contributed by atoms with E-state index in [2.05, 4.69) is 201 Å². The van der Waals surface area contributed by atoms with Crippen molar-refractivity contribution in [3.63, 3.8) is 0 Å². The van der Waals surface area contributed by atoms with Crippen molar-refractivity contribution in [3.8, 4) is 0 Å². The number of nitrogens with zero attached hydrogens (tertiary/aromatic N) is 4. The van der Waals surface area contributed by atoms with Crippen LogP contribution in [0.1, 0.15) is 155 Å². The summed E-state index contributed by atoms with van der Waals surface area (Å²) in [5.41, 5.74) is 12.0. The maximum Gasteiger partial charge on any atom is -0.00533 e. The van der Waals surface area contributed by atoms with Gasteiger partial charge in [0.1, 0.15) is 0 Å². The number of hydrogen-bond donors (Lipinski definition) is 0. The van der Waals surface area contributed by atoms with Crippen molar-refractivity contribution < 1.29 is 0 Å². The minimum Gasteiger partial charge on any atom is -0.310 e. The molecule has 0 atom stereocenters. The topological polar surface area (TPSA) is 13.0 Å². The number of fused-ring (bicyclic) bond motifs is 12. The van der Waals surface area contributed by atoms with E-state index in [9.17, 15) is 0 Å². The quantitative estimate of drug-likeness (QED) is 0.202. The Morgan fingerprint density at radius 3 is 0.562 bits per heavy atom. The van der Waals surface area contributed by atoms with Crippen LogP contribution in [0.3, 0.4) is 0 Å². The monoisotopic (exact) mass is 881 g/mol. The molecule has 0 N–H and O–H groups in total. The molecule has 4 aliphatic rings. The molecule has 0 heterocycles. The average Bonchev–Trinajstić information content (AvgIpc) is 4.22. The highest BCUT2D eigenvalue weighted by Gasteiger charge is 2.21. The molecule has 0 aromatic heterocycles. The van der Waals surface area contributed by atoms with Gasteiger partial charge in [0.15, 0.2) is 0 Å². The van der Waals surface area contributed by atoms with Crippen LogP contribution in [-0.4, -0.2) is 102 Å². The van der Waals surface area contributed by atoms with Gasteiger partial charge in [-0.3, -0.25) is 0 Å². The van der Waals surface area contributed by atoms with E-state index in [4.69, 9.17) is 0 Å². The molecule has 0 saturated carbocycles. The van der Waals surface area contributed by atoms with Crippen molar-refractivity contribution in [1.82, 2.24) is 19.6 Å². The molecule has 364 valence electrons. The molecule has 0 unspecified atom stereocenters. The molecule has 4 nitrogen and oxygen atoms in total. The highest BCUT2D eigenvalue weighted by atomic mass is 15.0. The van der Waals surface area contributed by atoms with Crippen LogP contribution in [0.4, 0.5) is 0 Å². The van der Waals surface area contributed by atoms with Crippen molar-refractivity contribution in [3.05, 3.63) is 117 Å². The zero-order chi connectivity index (χ0) is 50.2. The molecule has 0 radical (unpaired) electrons. The van der Waals surface area contributed by atoms with Crippen LogP contribution in [-0.2, 0) is 25.7 Å². The minimum atomic E-state index is 1.12. The summed E-state index contributed by atoms with van der Waals surface area (Å²) < 4.78 is 0. The van der Waals surface area contributed by atoms with Crippen LogP contribution in [0.5, 0.6) is 0 Å². The van der Waals surface area contributed by atoms with E-state index in [-0.39, 0.29) is 0 Å². The standard InChI is InChI=1S/2C16H12.4C4H11N.6C2H6/c2*1-2-6-12-11(5-1)13-7-3-9-15(13)16-10-4-8-14(12)16;4*1-4-5(2)3;6*1-2/h2*1-8H,9-10H2;4*4H2,1-3H3;6*1-2H3. The molecular formula is C60H104N4. The van der Waals surface area contributed by atoms with Gasteiger partial charge in [-0.2, -0.15) is 0 Å². The molecule has 4 aliphatic carbocycles. The highest BCUT2D eigenvalue weighted by molar-refractivity contribution is 6.02. The molecule has 4 heteroatoms. The first-order valence-corrected chi connectivity index (χ1v) is 25.4. The molecule has 4 aromatic rings. The first-order chi connectivity index (χ1) is 31.0. The van der Waals surface area contributed by atoms with Crippen LogP contribution in [0, 0.1) is 0 Å². The lowest BCUT2D eigenvalue weighted by Gasteiger charge is -2.12. The molecule has 0 amide bonds. The van der Waals surface area contributed by atoms with Gasteiger partial charge in [0.25, 0.3) is 0 Å². The normalized spacial score (nSPS) is 11.4. The van der Waals surface area contributed by atoms with E-state index in [0.717, 1.165) is 51.9 Å². The first kappa shape index (κ1) is 66.8. The zero-order valence-electron chi connectivity index (χ0n) is 46.7. The van der Waals surface area contributed by atoms with Gasteiger partial charge in [0.2, 0.25) is 0 Å². The Labute approximate surface area is 400 Å². The van der Waals surface area contributed by atoms with Crippen molar-refractivity contribution in [2.45, 2.75) is 136 Å². The van der Waals surface area contributed by atoms with E-state index in [1.807, 2.05) is 83.1 Å². The third-order valence-electron chi connectivity index (χ3n) is 10.00. The first-order valence-electron chi connectivity index (χ1n) is 25.4. The van der Waals surface area contributed by atoms with Gasteiger partial charge < -0.3 is 19.6 Å². The number of benzene rings is 4. The van der Waals surface area contributed by atoms with E-state index in [0.29, 0.717) is 0 Å². The smallest absolute Gasteiger partial charge is 0.00533 e. The predicted octanol–water partition coefficient (Wildman–Crippen LogP) is 16.4. The number of allylic oxidation sites excluding steroid dienone is 4. The molecule has 4 aromatic carbocycles. The second-order valence-corrected chi connectivity index (χ2v) is 14.7. The van der Waals surface area contributed by atoms with E-state index in [1.54, 1.807) is 22.3 Å². The fourth-order valence-electron chi connectivity index (χ4n) is 6.08. The summed E-state index contributed by atoms with van der Waals surface area (Å²) in [7, 11) is 16.4. The summed E-state index contributed by atoms with van der Waals surface area (Å²) in [5, 5.41) is 5.65. The van der Waals surface area contributed by atoms with Crippen LogP contribution in [0.15, 0.2) is 72.8 Å². The van der Waals surface area contributed by atoms with Gasteiger partial charge in [-0.1, -0.05) is 208 Å².